The minimum Gasteiger partial charge on any atom is -0.489 e. The Bertz CT molecular complexity index is 713. The molecule has 0 aromatic heterocycles. The van der Waals surface area contributed by atoms with E-state index < -0.39 is 0 Å². The fraction of sp³-hybridized carbons (Fsp3) is 0.350. The highest BCUT2D eigenvalue weighted by atomic mass is 32.2. The third-order valence-corrected chi connectivity index (χ3v) is 4.50. The molecule has 24 heavy (non-hydrogen) atoms. The molecule has 128 valence electrons. The van der Waals surface area contributed by atoms with Gasteiger partial charge in [0.05, 0.1) is 0 Å². The number of nitrogens with one attached hydrogen (secondary N) is 1. The molecule has 0 spiro atoms. The molecule has 2 rings (SSSR count). The fourth-order valence-electron chi connectivity index (χ4n) is 2.52. The largest absolute Gasteiger partial charge is 0.489 e. The third-order valence-electron chi connectivity index (χ3n) is 4.03. The highest BCUT2D eigenvalue weighted by molar-refractivity contribution is 8.13. The van der Waals surface area contributed by atoms with Gasteiger partial charge in [-0.05, 0) is 54.8 Å². The van der Waals surface area contributed by atoms with Crippen LogP contribution in [0.3, 0.4) is 0 Å². The predicted molar refractivity (Wildman–Crippen MR) is 103 cm³/mol. The first-order valence-electron chi connectivity index (χ1n) is 8.26. The van der Waals surface area contributed by atoms with Crippen LogP contribution in [0.25, 0.3) is 0 Å². The maximum absolute atomic E-state index is 11.7. The number of benzene rings is 2. The summed E-state index contributed by atoms with van der Waals surface area (Å²) in [5.41, 5.74) is 5.48. The summed E-state index contributed by atoms with van der Waals surface area (Å²) in [6.45, 7) is 6.76. The maximum Gasteiger partial charge on any atom is 0.283 e. The minimum absolute atomic E-state index is 0.0658. The molecule has 0 aliphatic carbocycles. The number of anilines is 1. The van der Waals surface area contributed by atoms with Gasteiger partial charge in [0.25, 0.3) is 5.24 Å². The molecular weight excluding hydrogens is 318 g/mol. The Balaban J connectivity index is 2.19. The molecule has 4 heteroatoms. The van der Waals surface area contributed by atoms with Crippen molar-refractivity contribution in [1.29, 1.82) is 0 Å². The number of carbonyl (C=O) groups is 1. The van der Waals surface area contributed by atoms with Crippen molar-refractivity contribution in [3.8, 4) is 5.75 Å². The normalized spacial score (nSPS) is 10.5. The number of ether oxygens (including phenoxy) is 1. The number of aryl methyl sites for hydroxylation is 3. The molecule has 0 atom stereocenters. The smallest absolute Gasteiger partial charge is 0.283 e. The van der Waals surface area contributed by atoms with E-state index in [0.717, 1.165) is 35.4 Å². The zero-order chi connectivity index (χ0) is 17.5. The van der Waals surface area contributed by atoms with Gasteiger partial charge in [-0.25, -0.2) is 0 Å². The molecule has 2 aromatic rings. The Hall–Kier alpha value is -1.94. The van der Waals surface area contributed by atoms with Crippen molar-refractivity contribution < 1.29 is 9.53 Å². The number of amides is 1. The summed E-state index contributed by atoms with van der Waals surface area (Å²) in [5, 5.41) is 2.86. The number of hydrogen-bond donors (Lipinski definition) is 1. The molecule has 0 radical (unpaired) electrons. The molecule has 0 aliphatic rings. The van der Waals surface area contributed by atoms with Gasteiger partial charge in [-0.3, -0.25) is 4.79 Å². The monoisotopic (exact) mass is 343 g/mol. The molecule has 0 saturated heterocycles. The summed E-state index contributed by atoms with van der Waals surface area (Å²) in [6.07, 6.45) is 3.74. The van der Waals surface area contributed by atoms with Gasteiger partial charge in [-0.2, -0.15) is 0 Å². The lowest BCUT2D eigenvalue weighted by Gasteiger charge is -2.15. The highest BCUT2D eigenvalue weighted by Gasteiger charge is 2.09. The zero-order valence-corrected chi connectivity index (χ0v) is 15.6. The van der Waals surface area contributed by atoms with Gasteiger partial charge >= 0.3 is 0 Å². The Morgan fingerprint density at radius 1 is 1.08 bits per heavy atom. The molecule has 3 nitrogen and oxygen atoms in total. The summed E-state index contributed by atoms with van der Waals surface area (Å²) >= 11 is 1.17. The fourth-order valence-corrected chi connectivity index (χ4v) is 2.73. The van der Waals surface area contributed by atoms with E-state index in [4.69, 9.17) is 4.74 Å². The topological polar surface area (TPSA) is 38.3 Å². The number of rotatable bonds is 6. The highest BCUT2D eigenvalue weighted by Crippen LogP contribution is 2.24. The van der Waals surface area contributed by atoms with E-state index in [1.54, 1.807) is 6.26 Å². The molecule has 0 unspecified atom stereocenters. The lowest BCUT2D eigenvalue weighted by Crippen LogP contribution is -2.09. The van der Waals surface area contributed by atoms with Gasteiger partial charge < -0.3 is 10.1 Å². The van der Waals surface area contributed by atoms with Crippen molar-refractivity contribution in [3.05, 3.63) is 58.7 Å². The second-order valence-corrected chi connectivity index (χ2v) is 6.48. The molecule has 0 saturated carbocycles. The van der Waals surface area contributed by atoms with Gasteiger partial charge in [-0.1, -0.05) is 49.9 Å². The van der Waals surface area contributed by atoms with E-state index in [2.05, 4.69) is 44.3 Å². The average molecular weight is 343 g/mol. The van der Waals surface area contributed by atoms with Crippen LogP contribution in [0.4, 0.5) is 10.5 Å². The van der Waals surface area contributed by atoms with Gasteiger partial charge in [0.2, 0.25) is 0 Å². The maximum atomic E-state index is 11.7. The molecule has 0 heterocycles. The van der Waals surface area contributed by atoms with Crippen LogP contribution in [0.2, 0.25) is 0 Å². The average Bonchev–Trinajstić information content (AvgIpc) is 2.61. The van der Waals surface area contributed by atoms with E-state index in [-0.39, 0.29) is 5.24 Å². The van der Waals surface area contributed by atoms with Crippen molar-refractivity contribution >= 4 is 22.7 Å². The predicted octanol–water partition coefficient (Wildman–Crippen LogP) is 5.59. The van der Waals surface area contributed by atoms with Crippen LogP contribution in [-0.4, -0.2) is 11.5 Å². The van der Waals surface area contributed by atoms with E-state index >= 15 is 0 Å². The van der Waals surface area contributed by atoms with Crippen molar-refractivity contribution in [3.63, 3.8) is 0 Å². The lowest BCUT2D eigenvalue weighted by atomic mass is 10.1. The summed E-state index contributed by atoms with van der Waals surface area (Å²) in [5.74, 6) is 0.885. The van der Waals surface area contributed by atoms with Crippen LogP contribution in [0.15, 0.2) is 36.4 Å². The minimum atomic E-state index is -0.0658. The first-order chi connectivity index (χ1) is 11.6. The third kappa shape index (κ3) is 4.78. The van der Waals surface area contributed by atoms with Crippen LogP contribution in [0.1, 0.15) is 36.1 Å². The first kappa shape index (κ1) is 18.4. The van der Waals surface area contributed by atoms with Gasteiger partial charge in [0.15, 0.2) is 0 Å². The van der Waals surface area contributed by atoms with Crippen LogP contribution in [-0.2, 0) is 19.4 Å². The van der Waals surface area contributed by atoms with E-state index in [1.807, 2.05) is 18.2 Å². The molecular formula is C20H25NO2S. The SMILES string of the molecule is CCc1ccc(OCc2cc(CC)ccc2NC(=O)SC)c(C)c1. The van der Waals surface area contributed by atoms with Gasteiger partial charge in [0.1, 0.15) is 12.4 Å². The number of thioether (sulfide) groups is 1. The van der Waals surface area contributed by atoms with Crippen LogP contribution >= 0.6 is 11.8 Å². The summed E-state index contributed by atoms with van der Waals surface area (Å²) in [7, 11) is 0. The molecule has 1 amide bonds. The Morgan fingerprint density at radius 2 is 1.75 bits per heavy atom. The lowest BCUT2D eigenvalue weighted by molar-refractivity contribution is 0.269. The van der Waals surface area contributed by atoms with Crippen LogP contribution in [0, 0.1) is 6.92 Å². The Kier molecular flexibility index (Phi) is 6.73. The van der Waals surface area contributed by atoms with Gasteiger partial charge in [0, 0.05) is 11.3 Å². The van der Waals surface area contributed by atoms with Crippen molar-refractivity contribution in [2.24, 2.45) is 0 Å². The molecule has 2 aromatic carbocycles. The quantitative estimate of drug-likeness (QED) is 0.742. The zero-order valence-electron chi connectivity index (χ0n) is 14.8. The second-order valence-electron chi connectivity index (χ2n) is 5.70. The van der Waals surface area contributed by atoms with E-state index in [9.17, 15) is 4.79 Å². The first-order valence-corrected chi connectivity index (χ1v) is 9.48. The van der Waals surface area contributed by atoms with Gasteiger partial charge in [-0.15, -0.1) is 0 Å². The van der Waals surface area contributed by atoms with Crippen molar-refractivity contribution in [2.45, 2.75) is 40.2 Å². The molecule has 0 bridgehead atoms. The van der Waals surface area contributed by atoms with Crippen molar-refractivity contribution in [1.82, 2.24) is 0 Å². The number of carbonyl (C=O) groups excluding carboxylic acids is 1. The Morgan fingerprint density at radius 3 is 2.38 bits per heavy atom. The van der Waals surface area contributed by atoms with Crippen molar-refractivity contribution in [2.75, 3.05) is 11.6 Å². The Labute approximate surface area is 148 Å². The van der Waals surface area contributed by atoms with E-state index in [1.165, 1.54) is 22.9 Å². The standard InChI is InChI=1S/C20H25NO2S/c1-5-15-8-10-19(14(3)11-15)23-13-17-12-16(6-2)7-9-18(17)21-20(22)24-4/h7-12H,5-6,13H2,1-4H3,(H,21,22). The molecule has 0 fully saturated rings. The number of hydrogen-bond acceptors (Lipinski definition) is 3. The summed E-state index contributed by atoms with van der Waals surface area (Å²) < 4.78 is 6.02. The van der Waals surface area contributed by atoms with Crippen LogP contribution in [0.5, 0.6) is 5.75 Å². The summed E-state index contributed by atoms with van der Waals surface area (Å²) in [6, 6.07) is 12.4. The molecule has 1 N–H and O–H groups in total. The summed E-state index contributed by atoms with van der Waals surface area (Å²) in [4.78, 5) is 11.7. The van der Waals surface area contributed by atoms with E-state index in [0.29, 0.717) is 6.61 Å². The van der Waals surface area contributed by atoms with Crippen LogP contribution < -0.4 is 10.1 Å². The second kappa shape index (κ2) is 8.78. The molecule has 0 aliphatic heterocycles.